The fraction of sp³-hybridized carbons (Fsp3) is 0.846. The lowest BCUT2D eigenvalue weighted by molar-refractivity contribution is -0.143. The van der Waals surface area contributed by atoms with E-state index in [9.17, 15) is 14.7 Å². The van der Waals surface area contributed by atoms with Gasteiger partial charge in [0.15, 0.2) is 0 Å². The zero-order chi connectivity index (χ0) is 13.9. The minimum atomic E-state index is -0.964. The summed E-state index contributed by atoms with van der Waals surface area (Å²) in [6, 6.07) is 0. The number of likely N-dealkylation sites (tertiary alicyclic amines) is 1. The lowest BCUT2D eigenvalue weighted by Gasteiger charge is -2.42. The number of amides is 1. The van der Waals surface area contributed by atoms with Gasteiger partial charge >= 0.3 is 5.97 Å². The molecule has 18 heavy (non-hydrogen) atoms. The van der Waals surface area contributed by atoms with Crippen molar-refractivity contribution in [3.8, 4) is 0 Å². The van der Waals surface area contributed by atoms with Crippen molar-refractivity contribution in [2.75, 3.05) is 13.1 Å². The lowest BCUT2D eigenvalue weighted by Crippen LogP contribution is -2.50. The number of aliphatic carboxylic acids is 1. The molecule has 0 aliphatic carbocycles. The third kappa shape index (κ3) is 3.98. The molecule has 0 saturated carbocycles. The Bertz CT molecular complexity index is 321. The third-order valence-corrected chi connectivity index (χ3v) is 3.60. The molecule has 2 atom stereocenters. The summed E-state index contributed by atoms with van der Waals surface area (Å²) in [7, 11) is 0. The molecule has 5 heteroatoms. The van der Waals surface area contributed by atoms with Gasteiger partial charge in [0.2, 0.25) is 5.91 Å². The molecule has 0 aromatic rings. The molecule has 0 radical (unpaired) electrons. The summed E-state index contributed by atoms with van der Waals surface area (Å²) in [5, 5.41) is 18.6. The second kappa shape index (κ2) is 5.69. The van der Waals surface area contributed by atoms with E-state index < -0.39 is 12.1 Å². The van der Waals surface area contributed by atoms with Crippen LogP contribution >= 0.6 is 0 Å². The molecule has 1 aliphatic heterocycles. The Morgan fingerprint density at radius 1 is 1.28 bits per heavy atom. The number of hydrogen-bond donors (Lipinski definition) is 2. The first-order valence-electron chi connectivity index (χ1n) is 6.39. The monoisotopic (exact) mass is 257 g/mol. The Morgan fingerprint density at radius 3 is 2.33 bits per heavy atom. The van der Waals surface area contributed by atoms with Gasteiger partial charge in [0, 0.05) is 19.5 Å². The normalized spacial score (nSPS) is 25.0. The van der Waals surface area contributed by atoms with Crippen LogP contribution in [0.5, 0.6) is 0 Å². The second-order valence-electron chi connectivity index (χ2n) is 6.06. The number of β-amino-alcohol motifs (C(OH)–C–C–N with tert-alkyl or cyclic N) is 1. The SMILES string of the molecule is CC(C)(C)C1CCN(C(=O)CCC(=O)O)CC1O. The van der Waals surface area contributed by atoms with Crippen LogP contribution in [0.2, 0.25) is 0 Å². The molecule has 0 aromatic heterocycles. The molecular formula is C13H23NO4. The van der Waals surface area contributed by atoms with Gasteiger partial charge in [0.05, 0.1) is 12.5 Å². The van der Waals surface area contributed by atoms with Crippen LogP contribution in [-0.2, 0) is 9.59 Å². The van der Waals surface area contributed by atoms with Crippen molar-refractivity contribution in [1.29, 1.82) is 0 Å². The highest BCUT2D eigenvalue weighted by Gasteiger charge is 2.36. The number of aliphatic hydroxyl groups excluding tert-OH is 1. The summed E-state index contributed by atoms with van der Waals surface area (Å²) in [4.78, 5) is 23.7. The van der Waals surface area contributed by atoms with Gasteiger partial charge in [-0.15, -0.1) is 0 Å². The summed E-state index contributed by atoms with van der Waals surface area (Å²) in [6.45, 7) is 7.19. The number of carbonyl (C=O) groups excluding carboxylic acids is 1. The summed E-state index contributed by atoms with van der Waals surface area (Å²) in [5.74, 6) is -0.960. The zero-order valence-electron chi connectivity index (χ0n) is 11.3. The van der Waals surface area contributed by atoms with Gasteiger partial charge in [-0.2, -0.15) is 0 Å². The zero-order valence-corrected chi connectivity index (χ0v) is 11.3. The van der Waals surface area contributed by atoms with Crippen molar-refractivity contribution in [3.05, 3.63) is 0 Å². The van der Waals surface area contributed by atoms with Crippen LogP contribution in [-0.4, -0.2) is 46.2 Å². The van der Waals surface area contributed by atoms with E-state index in [1.807, 2.05) is 0 Å². The number of carboxylic acids is 1. The molecule has 1 fully saturated rings. The van der Waals surface area contributed by atoms with E-state index in [0.29, 0.717) is 13.1 Å². The van der Waals surface area contributed by atoms with E-state index in [0.717, 1.165) is 6.42 Å². The molecule has 2 unspecified atom stereocenters. The Morgan fingerprint density at radius 2 is 1.89 bits per heavy atom. The first kappa shape index (κ1) is 15.0. The fourth-order valence-electron chi connectivity index (χ4n) is 2.54. The van der Waals surface area contributed by atoms with Crippen LogP contribution in [0, 0.1) is 11.3 Å². The van der Waals surface area contributed by atoms with E-state index in [-0.39, 0.29) is 30.1 Å². The van der Waals surface area contributed by atoms with E-state index in [1.54, 1.807) is 4.90 Å². The van der Waals surface area contributed by atoms with Crippen molar-refractivity contribution >= 4 is 11.9 Å². The maximum atomic E-state index is 11.8. The molecule has 0 aromatic carbocycles. The highest BCUT2D eigenvalue weighted by Crippen LogP contribution is 2.34. The minimum Gasteiger partial charge on any atom is -0.481 e. The average Bonchev–Trinajstić information content (AvgIpc) is 2.23. The van der Waals surface area contributed by atoms with Crippen LogP contribution in [0.1, 0.15) is 40.0 Å². The van der Waals surface area contributed by atoms with Crippen LogP contribution in [0.4, 0.5) is 0 Å². The van der Waals surface area contributed by atoms with Crippen LogP contribution in [0.15, 0.2) is 0 Å². The highest BCUT2D eigenvalue weighted by atomic mass is 16.4. The number of hydrogen-bond acceptors (Lipinski definition) is 3. The Balaban J connectivity index is 2.50. The van der Waals surface area contributed by atoms with Gasteiger partial charge in [0.25, 0.3) is 0 Å². The number of rotatable bonds is 3. The van der Waals surface area contributed by atoms with Gasteiger partial charge in [-0.05, 0) is 17.8 Å². The summed E-state index contributed by atoms with van der Waals surface area (Å²) in [5.41, 5.74) is 0.0234. The Kier molecular flexibility index (Phi) is 4.73. The van der Waals surface area contributed by atoms with E-state index in [4.69, 9.17) is 5.11 Å². The van der Waals surface area contributed by atoms with Crippen LogP contribution in [0.25, 0.3) is 0 Å². The molecule has 1 saturated heterocycles. The molecule has 1 heterocycles. The molecule has 0 bridgehead atoms. The number of piperidine rings is 1. The van der Waals surface area contributed by atoms with Crippen molar-refractivity contribution < 1.29 is 19.8 Å². The first-order valence-corrected chi connectivity index (χ1v) is 6.39. The highest BCUT2D eigenvalue weighted by molar-refractivity contribution is 5.80. The largest absolute Gasteiger partial charge is 0.481 e. The van der Waals surface area contributed by atoms with E-state index in [1.165, 1.54) is 0 Å². The summed E-state index contributed by atoms with van der Waals surface area (Å²) < 4.78 is 0. The van der Waals surface area contributed by atoms with Gasteiger partial charge < -0.3 is 15.1 Å². The minimum absolute atomic E-state index is 0.0161. The number of aliphatic hydroxyl groups is 1. The maximum Gasteiger partial charge on any atom is 0.303 e. The Hall–Kier alpha value is -1.10. The van der Waals surface area contributed by atoms with Gasteiger partial charge in [-0.25, -0.2) is 0 Å². The predicted molar refractivity (Wildman–Crippen MR) is 67.0 cm³/mol. The first-order chi connectivity index (χ1) is 8.21. The number of carboxylic acid groups (broad SMARTS) is 1. The quantitative estimate of drug-likeness (QED) is 0.794. The summed E-state index contributed by atoms with van der Waals surface area (Å²) in [6.07, 6.45) is 0.118. The van der Waals surface area contributed by atoms with E-state index >= 15 is 0 Å². The van der Waals surface area contributed by atoms with Gasteiger partial charge in [-0.1, -0.05) is 20.8 Å². The lowest BCUT2D eigenvalue weighted by atomic mass is 9.73. The van der Waals surface area contributed by atoms with Crippen molar-refractivity contribution in [2.45, 2.75) is 46.1 Å². The molecule has 1 amide bonds. The summed E-state index contributed by atoms with van der Waals surface area (Å²) >= 11 is 0. The maximum absolute atomic E-state index is 11.8. The second-order valence-corrected chi connectivity index (χ2v) is 6.06. The van der Waals surface area contributed by atoms with Crippen LogP contribution < -0.4 is 0 Å². The molecule has 1 rings (SSSR count). The fourth-order valence-corrected chi connectivity index (χ4v) is 2.54. The molecular weight excluding hydrogens is 234 g/mol. The Labute approximate surface area is 108 Å². The average molecular weight is 257 g/mol. The molecule has 5 nitrogen and oxygen atoms in total. The van der Waals surface area contributed by atoms with Crippen molar-refractivity contribution in [3.63, 3.8) is 0 Å². The predicted octanol–water partition coefficient (Wildman–Crippen LogP) is 1.11. The van der Waals surface area contributed by atoms with Crippen molar-refractivity contribution in [2.24, 2.45) is 11.3 Å². The van der Waals surface area contributed by atoms with E-state index in [2.05, 4.69) is 20.8 Å². The molecule has 104 valence electrons. The third-order valence-electron chi connectivity index (χ3n) is 3.60. The molecule has 2 N–H and O–H groups in total. The van der Waals surface area contributed by atoms with Crippen LogP contribution in [0.3, 0.4) is 0 Å². The smallest absolute Gasteiger partial charge is 0.303 e. The molecule has 0 spiro atoms. The van der Waals surface area contributed by atoms with Crippen molar-refractivity contribution in [1.82, 2.24) is 4.90 Å². The number of nitrogens with zero attached hydrogens (tertiary/aromatic N) is 1. The standard InChI is InChI=1S/C13H23NO4/c1-13(2,3)9-6-7-14(8-10(9)15)11(16)4-5-12(17)18/h9-10,15H,4-8H2,1-3H3,(H,17,18). The number of carbonyl (C=O) groups is 2. The topological polar surface area (TPSA) is 77.8 Å². The van der Waals surface area contributed by atoms with Gasteiger partial charge in [-0.3, -0.25) is 9.59 Å². The van der Waals surface area contributed by atoms with Gasteiger partial charge in [0.1, 0.15) is 0 Å². The molecule has 1 aliphatic rings.